The lowest BCUT2D eigenvalue weighted by molar-refractivity contribution is -0.150. The normalized spacial score (nSPS) is 12.4. The van der Waals surface area contributed by atoms with Crippen LogP contribution in [-0.2, 0) is 14.3 Å². The summed E-state index contributed by atoms with van der Waals surface area (Å²) < 4.78 is 6.00. The number of allylic oxidation sites excluding steroid dienone is 4. The first-order valence-corrected chi connectivity index (χ1v) is 21.3. The van der Waals surface area contributed by atoms with Crippen LogP contribution in [0.2, 0.25) is 0 Å². The van der Waals surface area contributed by atoms with E-state index in [1.165, 1.54) is 141 Å². The Morgan fingerprint density at radius 3 is 1.27 bits per heavy atom. The molecule has 0 radical (unpaired) electrons. The maximum Gasteiger partial charge on any atom is 0.306 e. The van der Waals surface area contributed by atoms with Crippen molar-refractivity contribution in [3.8, 4) is 0 Å². The quantitative estimate of drug-likeness (QED) is 0.0400. The van der Waals surface area contributed by atoms with Crippen molar-refractivity contribution in [2.24, 2.45) is 0 Å². The van der Waals surface area contributed by atoms with E-state index in [-0.39, 0.29) is 18.5 Å². The van der Waals surface area contributed by atoms with Crippen molar-refractivity contribution in [1.29, 1.82) is 0 Å². The van der Waals surface area contributed by atoms with Gasteiger partial charge in [0, 0.05) is 12.8 Å². The third-order valence-corrected chi connectivity index (χ3v) is 9.68. The second-order valence-corrected chi connectivity index (χ2v) is 14.5. The fourth-order valence-corrected chi connectivity index (χ4v) is 6.51. The number of carboxylic acid groups (broad SMARTS) is 1. The van der Waals surface area contributed by atoms with E-state index in [9.17, 15) is 9.59 Å². The monoisotopic (exact) mass is 675 g/mol. The molecule has 0 aromatic heterocycles. The minimum atomic E-state index is -0.699. The van der Waals surface area contributed by atoms with Crippen LogP contribution in [0.3, 0.4) is 0 Å². The van der Waals surface area contributed by atoms with Gasteiger partial charge in [-0.05, 0) is 70.6 Å². The molecule has 0 amide bonds. The van der Waals surface area contributed by atoms with Gasteiger partial charge in [0.05, 0.1) is 0 Å². The van der Waals surface area contributed by atoms with Gasteiger partial charge in [0.15, 0.2) is 0 Å². The van der Waals surface area contributed by atoms with E-state index < -0.39 is 5.97 Å². The molecular weight excluding hydrogens is 592 g/mol. The molecule has 0 saturated heterocycles. The number of rotatable bonds is 39. The van der Waals surface area contributed by atoms with Crippen LogP contribution in [0.4, 0.5) is 0 Å². The molecule has 0 aromatic rings. The van der Waals surface area contributed by atoms with E-state index in [0.717, 1.165) is 70.6 Å². The molecule has 1 unspecified atom stereocenters. The summed E-state index contributed by atoms with van der Waals surface area (Å²) >= 11 is 0. The Morgan fingerprint density at radius 1 is 0.458 bits per heavy atom. The number of hydrogen-bond donors (Lipinski definition) is 1. The predicted molar refractivity (Wildman–Crippen MR) is 209 cm³/mol. The summed E-state index contributed by atoms with van der Waals surface area (Å²) in [6.07, 6.45) is 50.6. The highest BCUT2D eigenvalue weighted by molar-refractivity contribution is 5.69. The Balaban J connectivity index is 3.86. The summed E-state index contributed by atoms with van der Waals surface area (Å²) in [6.45, 7) is 4.53. The molecule has 0 aliphatic rings. The molecule has 0 aliphatic heterocycles. The molecule has 4 heteroatoms. The van der Waals surface area contributed by atoms with Crippen molar-refractivity contribution in [3.05, 3.63) is 24.3 Å². The molecule has 48 heavy (non-hydrogen) atoms. The maximum atomic E-state index is 12.7. The van der Waals surface area contributed by atoms with Crippen molar-refractivity contribution < 1.29 is 19.4 Å². The summed E-state index contributed by atoms with van der Waals surface area (Å²) in [5.74, 6) is -0.696. The minimum Gasteiger partial charge on any atom is -0.481 e. The Bertz CT molecular complexity index is 727. The number of hydrogen-bond acceptors (Lipinski definition) is 3. The first-order chi connectivity index (χ1) is 23.6. The van der Waals surface area contributed by atoms with Crippen LogP contribution in [-0.4, -0.2) is 23.1 Å². The molecule has 0 aliphatic carbocycles. The van der Waals surface area contributed by atoms with Crippen LogP contribution >= 0.6 is 0 Å². The number of carboxylic acids is 1. The third-order valence-electron chi connectivity index (χ3n) is 9.68. The highest BCUT2D eigenvalue weighted by Crippen LogP contribution is 2.19. The summed E-state index contributed by atoms with van der Waals surface area (Å²) in [7, 11) is 0. The van der Waals surface area contributed by atoms with E-state index in [1.807, 2.05) is 0 Å². The molecule has 0 saturated carbocycles. The lowest BCUT2D eigenvalue weighted by Crippen LogP contribution is -2.18. The zero-order chi connectivity index (χ0) is 35.0. The molecule has 0 spiro atoms. The topological polar surface area (TPSA) is 63.6 Å². The first kappa shape index (κ1) is 46.4. The number of carbonyl (C=O) groups excluding carboxylic acids is 1. The Hall–Kier alpha value is -1.58. The van der Waals surface area contributed by atoms with Gasteiger partial charge in [-0.3, -0.25) is 9.59 Å². The Morgan fingerprint density at radius 2 is 0.812 bits per heavy atom. The second kappa shape index (κ2) is 39.9. The number of unbranched alkanes of at least 4 members (excludes halogenated alkanes) is 26. The fourth-order valence-electron chi connectivity index (χ4n) is 6.51. The van der Waals surface area contributed by atoms with Crippen LogP contribution in [0, 0.1) is 0 Å². The van der Waals surface area contributed by atoms with E-state index >= 15 is 0 Å². The zero-order valence-electron chi connectivity index (χ0n) is 32.3. The lowest BCUT2D eigenvalue weighted by Gasteiger charge is -2.18. The van der Waals surface area contributed by atoms with E-state index in [0.29, 0.717) is 6.42 Å². The standard InChI is InChI=1S/C44H82O4/c1-3-5-7-9-11-13-14-15-16-17-18-19-20-21-22-23-24-26-28-33-37-41-44(47)48-42(39-35-31-29-32-36-40-43(45)46)38-34-30-27-25-12-10-8-6-4-2/h11,13,15-16,42H,3-10,12,14,17-41H2,1-2H3,(H,45,46)/b13-11-,16-15-. The van der Waals surface area contributed by atoms with Gasteiger partial charge >= 0.3 is 11.9 Å². The molecule has 0 aromatic carbocycles. The van der Waals surface area contributed by atoms with Crippen LogP contribution in [0.15, 0.2) is 24.3 Å². The highest BCUT2D eigenvalue weighted by Gasteiger charge is 2.14. The molecule has 0 bridgehead atoms. The third kappa shape index (κ3) is 38.9. The van der Waals surface area contributed by atoms with Crippen molar-refractivity contribution in [3.63, 3.8) is 0 Å². The number of aliphatic carboxylic acids is 1. The average molecular weight is 675 g/mol. The van der Waals surface area contributed by atoms with Crippen molar-refractivity contribution in [2.45, 2.75) is 245 Å². The van der Waals surface area contributed by atoms with E-state index in [4.69, 9.17) is 9.84 Å². The largest absolute Gasteiger partial charge is 0.481 e. The number of ether oxygens (including phenoxy) is 1. The van der Waals surface area contributed by atoms with Gasteiger partial charge < -0.3 is 9.84 Å². The second-order valence-electron chi connectivity index (χ2n) is 14.5. The first-order valence-electron chi connectivity index (χ1n) is 21.3. The van der Waals surface area contributed by atoms with E-state index in [1.54, 1.807) is 0 Å². The molecular formula is C44H82O4. The van der Waals surface area contributed by atoms with Crippen LogP contribution in [0.1, 0.15) is 239 Å². The Labute approximate surface area is 299 Å². The SMILES string of the molecule is CCCCC/C=C\C/C=C\CCCCCCCCCCCCCC(=O)OC(CCCCCCCCCCC)CCCCCCCC(=O)O. The molecule has 1 atom stereocenters. The molecule has 1 N–H and O–H groups in total. The molecule has 0 rings (SSSR count). The number of carbonyl (C=O) groups is 2. The van der Waals surface area contributed by atoms with Gasteiger partial charge in [0.25, 0.3) is 0 Å². The van der Waals surface area contributed by atoms with Gasteiger partial charge in [-0.1, -0.05) is 179 Å². The Kier molecular flexibility index (Phi) is 38.5. The smallest absolute Gasteiger partial charge is 0.306 e. The lowest BCUT2D eigenvalue weighted by atomic mass is 10.0. The van der Waals surface area contributed by atoms with Crippen LogP contribution < -0.4 is 0 Å². The molecule has 0 fully saturated rings. The van der Waals surface area contributed by atoms with Gasteiger partial charge in [-0.15, -0.1) is 0 Å². The van der Waals surface area contributed by atoms with Crippen LogP contribution in [0.5, 0.6) is 0 Å². The molecule has 4 nitrogen and oxygen atoms in total. The van der Waals surface area contributed by atoms with Gasteiger partial charge in [-0.2, -0.15) is 0 Å². The van der Waals surface area contributed by atoms with Gasteiger partial charge in [0.1, 0.15) is 6.10 Å². The molecule has 282 valence electrons. The van der Waals surface area contributed by atoms with Gasteiger partial charge in [0.2, 0.25) is 0 Å². The minimum absolute atomic E-state index is 0.00233. The summed E-state index contributed by atoms with van der Waals surface area (Å²) in [6, 6.07) is 0. The molecule has 0 heterocycles. The number of esters is 1. The van der Waals surface area contributed by atoms with Crippen LogP contribution in [0.25, 0.3) is 0 Å². The predicted octanol–water partition coefficient (Wildman–Crippen LogP) is 14.8. The highest BCUT2D eigenvalue weighted by atomic mass is 16.5. The zero-order valence-corrected chi connectivity index (χ0v) is 32.3. The summed E-state index contributed by atoms with van der Waals surface area (Å²) in [5, 5.41) is 8.82. The average Bonchev–Trinajstić information content (AvgIpc) is 3.07. The van der Waals surface area contributed by atoms with E-state index in [2.05, 4.69) is 38.2 Å². The van der Waals surface area contributed by atoms with Crippen molar-refractivity contribution in [2.75, 3.05) is 0 Å². The summed E-state index contributed by atoms with van der Waals surface area (Å²) in [4.78, 5) is 23.4. The van der Waals surface area contributed by atoms with Crippen molar-refractivity contribution in [1.82, 2.24) is 0 Å². The maximum absolute atomic E-state index is 12.7. The van der Waals surface area contributed by atoms with Gasteiger partial charge in [-0.25, -0.2) is 0 Å². The summed E-state index contributed by atoms with van der Waals surface area (Å²) in [5.41, 5.74) is 0. The van der Waals surface area contributed by atoms with Crippen molar-refractivity contribution >= 4 is 11.9 Å². The fraction of sp³-hybridized carbons (Fsp3) is 0.864.